The fourth-order valence-electron chi connectivity index (χ4n) is 2.20. The Morgan fingerprint density at radius 2 is 2.25 bits per heavy atom. The number of carbonyl (C=O) groups is 2. The van der Waals surface area contributed by atoms with Gasteiger partial charge in [-0.2, -0.15) is 0 Å². The molecule has 1 aliphatic carbocycles. The summed E-state index contributed by atoms with van der Waals surface area (Å²) in [5, 5.41) is 0. The molecule has 2 rings (SSSR count). The van der Waals surface area contributed by atoms with Crippen LogP contribution < -0.4 is 0 Å². The van der Waals surface area contributed by atoms with Crippen LogP contribution in [-0.2, 0) is 11.8 Å². The SMILES string of the molecule is Cn1cnc(C(=O)C2CCC(C)(C)C2=O)c1. The van der Waals surface area contributed by atoms with E-state index >= 15 is 0 Å². The van der Waals surface area contributed by atoms with Gasteiger partial charge >= 0.3 is 0 Å². The first-order valence-corrected chi connectivity index (χ1v) is 5.48. The number of ketones is 2. The van der Waals surface area contributed by atoms with Crippen molar-refractivity contribution in [1.29, 1.82) is 0 Å². The van der Waals surface area contributed by atoms with Crippen LogP contribution in [0.2, 0.25) is 0 Å². The number of Topliss-reactive ketones (excluding diaryl/α,β-unsaturated/α-hetero) is 2. The number of aryl methyl sites for hydroxylation is 1. The average molecular weight is 220 g/mol. The van der Waals surface area contributed by atoms with Crippen LogP contribution in [0.5, 0.6) is 0 Å². The Morgan fingerprint density at radius 1 is 1.56 bits per heavy atom. The van der Waals surface area contributed by atoms with Crippen molar-refractivity contribution < 1.29 is 9.59 Å². The zero-order valence-electron chi connectivity index (χ0n) is 9.86. The van der Waals surface area contributed by atoms with Crippen molar-refractivity contribution in [3.05, 3.63) is 18.2 Å². The lowest BCUT2D eigenvalue weighted by Crippen LogP contribution is -2.27. The normalized spacial score (nSPS) is 23.7. The van der Waals surface area contributed by atoms with Gasteiger partial charge in [-0.1, -0.05) is 13.8 Å². The summed E-state index contributed by atoms with van der Waals surface area (Å²) in [7, 11) is 1.81. The number of hydrogen-bond acceptors (Lipinski definition) is 3. The van der Waals surface area contributed by atoms with E-state index in [1.165, 1.54) is 0 Å². The molecule has 1 aromatic heterocycles. The van der Waals surface area contributed by atoms with E-state index in [4.69, 9.17) is 0 Å². The third-order valence-electron chi connectivity index (χ3n) is 3.32. The second-order valence-corrected chi connectivity index (χ2v) is 5.13. The van der Waals surface area contributed by atoms with Crippen molar-refractivity contribution in [3.8, 4) is 0 Å². The highest BCUT2D eigenvalue weighted by Gasteiger charge is 2.44. The standard InChI is InChI=1S/C12H16N2O2/c1-12(2)5-4-8(11(12)16)10(15)9-6-14(3)7-13-9/h6-8H,4-5H2,1-3H3. The van der Waals surface area contributed by atoms with Gasteiger partial charge in [0, 0.05) is 18.7 Å². The van der Waals surface area contributed by atoms with Crippen LogP contribution in [0.15, 0.2) is 12.5 Å². The fraction of sp³-hybridized carbons (Fsp3) is 0.583. The summed E-state index contributed by atoms with van der Waals surface area (Å²) in [6.45, 7) is 3.81. The molecule has 0 bridgehead atoms. The summed E-state index contributed by atoms with van der Waals surface area (Å²) in [4.78, 5) is 28.1. The lowest BCUT2D eigenvalue weighted by atomic mass is 9.87. The molecule has 0 spiro atoms. The van der Waals surface area contributed by atoms with Crippen molar-refractivity contribution in [1.82, 2.24) is 9.55 Å². The van der Waals surface area contributed by atoms with Gasteiger partial charge in [0.1, 0.15) is 11.5 Å². The topological polar surface area (TPSA) is 52.0 Å². The lowest BCUT2D eigenvalue weighted by Gasteiger charge is -2.14. The summed E-state index contributed by atoms with van der Waals surface area (Å²) in [5.41, 5.74) is 0.0494. The van der Waals surface area contributed by atoms with E-state index in [0.717, 1.165) is 6.42 Å². The maximum atomic E-state index is 12.1. The second kappa shape index (κ2) is 3.54. The molecular formula is C12H16N2O2. The first-order valence-electron chi connectivity index (χ1n) is 5.48. The maximum Gasteiger partial charge on any atom is 0.193 e. The second-order valence-electron chi connectivity index (χ2n) is 5.13. The fourth-order valence-corrected chi connectivity index (χ4v) is 2.20. The first kappa shape index (κ1) is 11.0. The van der Waals surface area contributed by atoms with Crippen LogP contribution in [0.1, 0.15) is 37.2 Å². The molecule has 1 unspecified atom stereocenters. The lowest BCUT2D eigenvalue weighted by molar-refractivity contribution is -0.126. The number of carbonyl (C=O) groups excluding carboxylic acids is 2. The highest BCUT2D eigenvalue weighted by Crippen LogP contribution is 2.38. The number of hydrogen-bond donors (Lipinski definition) is 0. The first-order chi connectivity index (χ1) is 7.42. The van der Waals surface area contributed by atoms with E-state index in [1.54, 1.807) is 17.1 Å². The predicted molar refractivity (Wildman–Crippen MR) is 59.1 cm³/mol. The molecule has 1 aromatic rings. The molecule has 16 heavy (non-hydrogen) atoms. The Bertz CT molecular complexity index is 446. The molecule has 1 heterocycles. The summed E-state index contributed by atoms with van der Waals surface area (Å²) in [6.07, 6.45) is 4.69. The molecule has 1 fully saturated rings. The smallest absolute Gasteiger partial charge is 0.193 e. The van der Waals surface area contributed by atoms with Crippen LogP contribution in [0.25, 0.3) is 0 Å². The van der Waals surface area contributed by atoms with Gasteiger partial charge in [0.15, 0.2) is 5.78 Å². The average Bonchev–Trinajstić information content (AvgIpc) is 2.73. The van der Waals surface area contributed by atoms with Crippen molar-refractivity contribution in [2.24, 2.45) is 18.4 Å². The number of imidazole rings is 1. The highest BCUT2D eigenvalue weighted by atomic mass is 16.2. The van der Waals surface area contributed by atoms with Crippen molar-refractivity contribution in [3.63, 3.8) is 0 Å². The molecule has 1 atom stereocenters. The van der Waals surface area contributed by atoms with Crippen LogP contribution in [0.4, 0.5) is 0 Å². The Morgan fingerprint density at radius 3 is 2.69 bits per heavy atom. The van der Waals surface area contributed by atoms with Gasteiger partial charge in [0.25, 0.3) is 0 Å². The molecule has 0 N–H and O–H groups in total. The van der Waals surface area contributed by atoms with Crippen LogP contribution in [0, 0.1) is 11.3 Å². The molecule has 0 aliphatic heterocycles. The Balaban J connectivity index is 2.22. The molecule has 0 radical (unpaired) electrons. The minimum absolute atomic E-state index is 0.0585. The third kappa shape index (κ3) is 1.68. The van der Waals surface area contributed by atoms with Gasteiger partial charge in [-0.05, 0) is 12.8 Å². The molecule has 4 nitrogen and oxygen atoms in total. The molecule has 86 valence electrons. The van der Waals surface area contributed by atoms with E-state index in [2.05, 4.69) is 4.98 Å². The molecule has 0 aromatic carbocycles. The van der Waals surface area contributed by atoms with Gasteiger partial charge in [-0.25, -0.2) is 4.98 Å². The van der Waals surface area contributed by atoms with Crippen LogP contribution >= 0.6 is 0 Å². The molecule has 1 aliphatic rings. The van der Waals surface area contributed by atoms with Crippen LogP contribution in [0.3, 0.4) is 0 Å². The largest absolute Gasteiger partial charge is 0.340 e. The number of rotatable bonds is 2. The third-order valence-corrected chi connectivity index (χ3v) is 3.32. The monoisotopic (exact) mass is 220 g/mol. The molecule has 0 amide bonds. The minimum Gasteiger partial charge on any atom is -0.340 e. The van der Waals surface area contributed by atoms with Gasteiger partial charge in [-0.15, -0.1) is 0 Å². The Labute approximate surface area is 94.7 Å². The summed E-state index contributed by atoms with van der Waals surface area (Å²) in [6, 6.07) is 0. The Hall–Kier alpha value is -1.45. The van der Waals surface area contributed by atoms with E-state index < -0.39 is 5.92 Å². The van der Waals surface area contributed by atoms with E-state index in [1.807, 2.05) is 20.9 Å². The molecule has 0 saturated heterocycles. The van der Waals surface area contributed by atoms with Crippen molar-refractivity contribution in [2.45, 2.75) is 26.7 Å². The zero-order valence-corrected chi connectivity index (χ0v) is 9.86. The minimum atomic E-state index is -0.482. The number of nitrogens with zero attached hydrogens (tertiary/aromatic N) is 2. The summed E-state index contributed by atoms with van der Waals surface area (Å²) < 4.78 is 1.72. The number of aromatic nitrogens is 2. The Kier molecular flexibility index (Phi) is 2.45. The van der Waals surface area contributed by atoms with E-state index in [-0.39, 0.29) is 17.0 Å². The molecule has 4 heteroatoms. The molecule has 1 saturated carbocycles. The zero-order chi connectivity index (χ0) is 11.9. The van der Waals surface area contributed by atoms with Crippen molar-refractivity contribution in [2.75, 3.05) is 0 Å². The van der Waals surface area contributed by atoms with Gasteiger partial charge in [0.2, 0.25) is 0 Å². The molecular weight excluding hydrogens is 204 g/mol. The van der Waals surface area contributed by atoms with E-state index in [9.17, 15) is 9.59 Å². The van der Waals surface area contributed by atoms with E-state index in [0.29, 0.717) is 12.1 Å². The maximum absolute atomic E-state index is 12.1. The van der Waals surface area contributed by atoms with Gasteiger partial charge in [-0.3, -0.25) is 9.59 Å². The van der Waals surface area contributed by atoms with Gasteiger partial charge < -0.3 is 4.57 Å². The summed E-state index contributed by atoms with van der Waals surface area (Å²) >= 11 is 0. The van der Waals surface area contributed by atoms with Gasteiger partial charge in [0.05, 0.1) is 12.2 Å². The summed E-state index contributed by atoms with van der Waals surface area (Å²) in [5.74, 6) is -0.552. The van der Waals surface area contributed by atoms with Crippen LogP contribution in [-0.4, -0.2) is 21.1 Å². The van der Waals surface area contributed by atoms with Crippen molar-refractivity contribution >= 4 is 11.6 Å². The highest BCUT2D eigenvalue weighted by molar-refractivity contribution is 6.12. The quantitative estimate of drug-likeness (QED) is 0.562. The predicted octanol–water partition coefficient (Wildman–Crippen LogP) is 1.61.